The van der Waals surface area contributed by atoms with Gasteiger partial charge in [0.15, 0.2) is 0 Å². The first-order chi connectivity index (χ1) is 10.5. The highest BCUT2D eigenvalue weighted by Crippen LogP contribution is 2.13. The third-order valence-corrected chi connectivity index (χ3v) is 3.55. The molecule has 2 aromatic carbocycles. The summed E-state index contributed by atoms with van der Waals surface area (Å²) in [4.78, 5) is 23.3. The van der Waals surface area contributed by atoms with Crippen LogP contribution in [0.5, 0.6) is 0 Å². The Morgan fingerprint density at radius 2 is 1.64 bits per heavy atom. The molecule has 2 aromatic rings. The van der Waals surface area contributed by atoms with Gasteiger partial charge in [-0.2, -0.15) is 0 Å². The first kappa shape index (κ1) is 16.3. The Kier molecular flexibility index (Phi) is 5.35. The summed E-state index contributed by atoms with van der Waals surface area (Å²) in [5.74, 6) is -1.71. The lowest BCUT2D eigenvalue weighted by atomic mass is 10.1. The minimum absolute atomic E-state index is 0.213. The van der Waals surface area contributed by atoms with Crippen LogP contribution in [-0.4, -0.2) is 17.0 Å². The van der Waals surface area contributed by atoms with Crippen molar-refractivity contribution >= 4 is 45.5 Å². The van der Waals surface area contributed by atoms with E-state index in [1.165, 1.54) is 6.08 Å². The molecule has 0 bridgehead atoms. The molecule has 0 saturated carbocycles. The molecular weight excluding hydrogens is 370 g/mol. The molecule has 0 saturated heterocycles. The molecule has 0 aliphatic carbocycles. The van der Waals surface area contributed by atoms with Gasteiger partial charge in [-0.1, -0.05) is 39.7 Å². The minimum atomic E-state index is -1.22. The normalized spacial score (nSPS) is 11.1. The molecule has 0 heterocycles. The van der Waals surface area contributed by atoms with E-state index in [0.29, 0.717) is 16.1 Å². The van der Waals surface area contributed by atoms with Crippen LogP contribution in [0.3, 0.4) is 0 Å². The molecule has 6 heteroatoms. The van der Waals surface area contributed by atoms with Crippen LogP contribution in [0.4, 0.5) is 0 Å². The van der Waals surface area contributed by atoms with Crippen LogP contribution in [0.25, 0.3) is 6.08 Å². The van der Waals surface area contributed by atoms with E-state index in [9.17, 15) is 14.7 Å². The van der Waals surface area contributed by atoms with Gasteiger partial charge in [0.2, 0.25) is 0 Å². The number of hydrogen-bond donors (Lipinski definition) is 2. The summed E-state index contributed by atoms with van der Waals surface area (Å²) < 4.78 is 0.833. The Balaban J connectivity index is 2.21. The van der Waals surface area contributed by atoms with Crippen molar-refractivity contribution in [3.8, 4) is 0 Å². The van der Waals surface area contributed by atoms with Gasteiger partial charge in [0.1, 0.15) is 5.70 Å². The lowest BCUT2D eigenvalue weighted by Gasteiger charge is -2.06. The van der Waals surface area contributed by atoms with Crippen LogP contribution >= 0.6 is 27.5 Å². The highest BCUT2D eigenvalue weighted by atomic mass is 79.9. The zero-order chi connectivity index (χ0) is 16.1. The van der Waals surface area contributed by atoms with Crippen LogP contribution in [0.15, 0.2) is 58.7 Å². The molecule has 0 aliphatic heterocycles. The smallest absolute Gasteiger partial charge is 0.352 e. The lowest BCUT2D eigenvalue weighted by Crippen LogP contribution is -2.27. The predicted octanol–water partition coefficient (Wildman–Crippen LogP) is 3.96. The third-order valence-electron chi connectivity index (χ3n) is 2.77. The van der Waals surface area contributed by atoms with Crippen molar-refractivity contribution in [1.82, 2.24) is 5.32 Å². The van der Waals surface area contributed by atoms with Crippen LogP contribution in [0.2, 0.25) is 5.02 Å². The molecule has 0 unspecified atom stereocenters. The van der Waals surface area contributed by atoms with Crippen molar-refractivity contribution in [2.24, 2.45) is 0 Å². The number of hydrogen-bond acceptors (Lipinski definition) is 2. The molecule has 0 aliphatic rings. The number of carbonyl (C=O) groups is 2. The molecule has 0 atom stereocenters. The molecular formula is C16H11BrClNO3. The first-order valence-electron chi connectivity index (χ1n) is 6.23. The molecule has 0 fully saturated rings. The van der Waals surface area contributed by atoms with Crippen LogP contribution in [0, 0.1) is 0 Å². The Hall–Kier alpha value is -2.11. The van der Waals surface area contributed by atoms with Gasteiger partial charge in [-0.15, -0.1) is 0 Å². The topological polar surface area (TPSA) is 66.4 Å². The number of nitrogens with one attached hydrogen (secondary N) is 1. The third kappa shape index (κ3) is 4.44. The molecule has 0 aromatic heterocycles. The van der Waals surface area contributed by atoms with Gasteiger partial charge in [0, 0.05) is 15.1 Å². The fraction of sp³-hybridized carbons (Fsp3) is 0. The highest BCUT2D eigenvalue weighted by Gasteiger charge is 2.13. The Bertz CT molecular complexity index is 724. The molecule has 112 valence electrons. The Morgan fingerprint density at radius 1 is 1.05 bits per heavy atom. The zero-order valence-corrected chi connectivity index (χ0v) is 13.6. The second-order valence-corrected chi connectivity index (χ2v) is 5.73. The van der Waals surface area contributed by atoms with Crippen LogP contribution < -0.4 is 5.32 Å². The van der Waals surface area contributed by atoms with Gasteiger partial charge in [0.05, 0.1) is 0 Å². The van der Waals surface area contributed by atoms with Crippen LogP contribution in [0.1, 0.15) is 15.9 Å². The zero-order valence-electron chi connectivity index (χ0n) is 11.2. The molecule has 22 heavy (non-hydrogen) atoms. The van der Waals surface area contributed by atoms with Gasteiger partial charge in [-0.3, -0.25) is 4.79 Å². The second kappa shape index (κ2) is 7.24. The number of carboxylic acids is 1. The van der Waals surface area contributed by atoms with Crippen molar-refractivity contribution in [3.63, 3.8) is 0 Å². The maximum Gasteiger partial charge on any atom is 0.352 e. The minimum Gasteiger partial charge on any atom is -0.477 e. The summed E-state index contributed by atoms with van der Waals surface area (Å²) >= 11 is 9.05. The fourth-order valence-electron chi connectivity index (χ4n) is 1.67. The summed E-state index contributed by atoms with van der Waals surface area (Å²) in [6.45, 7) is 0. The monoisotopic (exact) mass is 379 g/mol. The summed E-state index contributed by atoms with van der Waals surface area (Å²) in [5.41, 5.74) is 0.777. The number of carbonyl (C=O) groups excluding carboxylic acids is 1. The summed E-state index contributed by atoms with van der Waals surface area (Å²) in [6.07, 6.45) is 1.37. The summed E-state index contributed by atoms with van der Waals surface area (Å²) in [6, 6.07) is 13.2. The van der Waals surface area contributed by atoms with Gasteiger partial charge >= 0.3 is 5.97 Å². The largest absolute Gasteiger partial charge is 0.477 e. The van der Waals surface area contributed by atoms with Crippen LogP contribution in [-0.2, 0) is 4.79 Å². The van der Waals surface area contributed by atoms with Gasteiger partial charge < -0.3 is 10.4 Å². The van der Waals surface area contributed by atoms with E-state index >= 15 is 0 Å². The van der Waals surface area contributed by atoms with Crippen molar-refractivity contribution in [1.29, 1.82) is 0 Å². The van der Waals surface area contributed by atoms with Crippen molar-refractivity contribution in [2.45, 2.75) is 0 Å². The summed E-state index contributed by atoms with van der Waals surface area (Å²) in [7, 11) is 0. The van der Waals surface area contributed by atoms with Gasteiger partial charge in [0.25, 0.3) is 5.91 Å². The standard InChI is InChI=1S/C16H11BrClNO3/c17-12-5-3-11(4-6-12)15(20)19-14(16(21)22)9-10-1-7-13(18)8-2-10/h1-9H,(H,19,20)(H,21,22). The second-order valence-electron chi connectivity index (χ2n) is 4.38. The maximum atomic E-state index is 12.1. The Morgan fingerprint density at radius 3 is 2.18 bits per heavy atom. The predicted molar refractivity (Wildman–Crippen MR) is 88.7 cm³/mol. The highest BCUT2D eigenvalue weighted by molar-refractivity contribution is 9.10. The number of benzene rings is 2. The van der Waals surface area contributed by atoms with E-state index < -0.39 is 11.9 Å². The molecule has 0 spiro atoms. The number of aliphatic carboxylic acids is 1. The van der Waals surface area contributed by atoms with Crippen molar-refractivity contribution < 1.29 is 14.7 Å². The molecule has 2 N–H and O–H groups in total. The number of rotatable bonds is 4. The number of carboxylic acid groups (broad SMARTS) is 1. The quantitative estimate of drug-likeness (QED) is 0.789. The van der Waals surface area contributed by atoms with E-state index in [2.05, 4.69) is 21.2 Å². The molecule has 4 nitrogen and oxygen atoms in total. The molecule has 0 radical (unpaired) electrons. The van der Waals surface area contributed by atoms with E-state index in [1.54, 1.807) is 48.5 Å². The molecule has 2 rings (SSSR count). The van der Waals surface area contributed by atoms with E-state index in [4.69, 9.17) is 11.6 Å². The number of halogens is 2. The lowest BCUT2D eigenvalue weighted by molar-refractivity contribution is -0.132. The fourth-order valence-corrected chi connectivity index (χ4v) is 2.06. The van der Waals surface area contributed by atoms with Gasteiger partial charge in [-0.25, -0.2) is 4.79 Å². The maximum absolute atomic E-state index is 12.1. The summed E-state index contributed by atoms with van der Waals surface area (Å²) in [5, 5.41) is 12.2. The SMILES string of the molecule is O=C(O)C(=Cc1ccc(Cl)cc1)NC(=O)c1ccc(Br)cc1. The van der Waals surface area contributed by atoms with E-state index in [-0.39, 0.29) is 5.70 Å². The van der Waals surface area contributed by atoms with Gasteiger partial charge in [-0.05, 0) is 48.0 Å². The van der Waals surface area contributed by atoms with E-state index in [0.717, 1.165) is 4.47 Å². The van der Waals surface area contributed by atoms with Crippen molar-refractivity contribution in [3.05, 3.63) is 74.9 Å². The molecule has 1 amide bonds. The van der Waals surface area contributed by atoms with Crippen molar-refractivity contribution in [2.75, 3.05) is 0 Å². The average Bonchev–Trinajstić information content (AvgIpc) is 2.49. The Labute approximate surface area is 140 Å². The number of amides is 1. The van der Waals surface area contributed by atoms with E-state index in [1.807, 2.05) is 0 Å². The first-order valence-corrected chi connectivity index (χ1v) is 7.40. The average molecular weight is 381 g/mol.